The molecule has 0 radical (unpaired) electrons. The highest BCUT2D eigenvalue weighted by molar-refractivity contribution is 5.11. The van der Waals surface area contributed by atoms with E-state index in [2.05, 4.69) is 34.6 Å². The third kappa shape index (κ3) is 1.69. The second kappa shape index (κ2) is 3.53. The van der Waals surface area contributed by atoms with E-state index in [1.54, 1.807) is 0 Å². The molecule has 4 bridgehead atoms. The maximum Gasteiger partial charge on any atom is 0.0131 e. The number of rotatable bonds is 1. The lowest BCUT2D eigenvalue weighted by atomic mass is 9.39. The van der Waals surface area contributed by atoms with Gasteiger partial charge in [0.25, 0.3) is 0 Å². The van der Waals surface area contributed by atoms with Gasteiger partial charge in [-0.2, -0.15) is 0 Å². The lowest BCUT2D eigenvalue weighted by Gasteiger charge is -2.66. The van der Waals surface area contributed by atoms with Crippen LogP contribution in [0.5, 0.6) is 0 Å². The molecular formula is C17H31N. The first kappa shape index (κ1) is 13.0. The molecule has 4 aliphatic rings. The Morgan fingerprint density at radius 2 is 1.39 bits per heavy atom. The maximum atomic E-state index is 6.51. The standard InChI is InChI=1S/C17H31N/c1-15(2,3)17-8-11-6-12(9-17)14(16(4,5)18)13(7-11)10-17/h11-14H,6-10,18H2,1-5H3. The number of hydrogen-bond donors (Lipinski definition) is 1. The van der Waals surface area contributed by atoms with Gasteiger partial charge in [-0.1, -0.05) is 20.8 Å². The van der Waals surface area contributed by atoms with Gasteiger partial charge in [0, 0.05) is 5.54 Å². The van der Waals surface area contributed by atoms with Gasteiger partial charge in [-0.3, -0.25) is 0 Å². The quantitative estimate of drug-likeness (QED) is 0.740. The summed E-state index contributed by atoms with van der Waals surface area (Å²) in [6.45, 7) is 12.0. The summed E-state index contributed by atoms with van der Waals surface area (Å²) in [4.78, 5) is 0. The first-order valence-electron chi connectivity index (χ1n) is 7.91. The molecular weight excluding hydrogens is 218 g/mol. The number of nitrogens with two attached hydrogens (primary N) is 1. The third-order valence-electron chi connectivity index (χ3n) is 6.72. The summed E-state index contributed by atoms with van der Waals surface area (Å²) in [6, 6.07) is 0. The van der Waals surface area contributed by atoms with Crippen molar-refractivity contribution >= 4 is 0 Å². The number of hydrogen-bond acceptors (Lipinski definition) is 1. The fourth-order valence-electron chi connectivity index (χ4n) is 6.16. The van der Waals surface area contributed by atoms with Crippen LogP contribution in [0.25, 0.3) is 0 Å². The minimum Gasteiger partial charge on any atom is -0.325 e. The highest BCUT2D eigenvalue weighted by atomic mass is 14.8. The molecule has 0 heterocycles. The molecule has 0 aromatic heterocycles. The largest absolute Gasteiger partial charge is 0.325 e. The molecule has 0 spiro atoms. The summed E-state index contributed by atoms with van der Waals surface area (Å²) >= 11 is 0. The second-order valence-corrected chi connectivity index (χ2v) is 9.35. The topological polar surface area (TPSA) is 26.0 Å². The molecule has 2 unspecified atom stereocenters. The molecule has 4 aliphatic carbocycles. The Hall–Kier alpha value is -0.0400. The van der Waals surface area contributed by atoms with Gasteiger partial charge in [-0.05, 0) is 80.5 Å². The van der Waals surface area contributed by atoms with Gasteiger partial charge >= 0.3 is 0 Å². The minimum atomic E-state index is 0.0295. The van der Waals surface area contributed by atoms with Gasteiger partial charge in [-0.25, -0.2) is 0 Å². The van der Waals surface area contributed by atoms with E-state index in [9.17, 15) is 0 Å². The highest BCUT2D eigenvalue weighted by Gasteiger charge is 2.60. The van der Waals surface area contributed by atoms with E-state index in [0.717, 1.165) is 23.7 Å². The van der Waals surface area contributed by atoms with Crippen LogP contribution in [0.4, 0.5) is 0 Å². The Morgan fingerprint density at radius 1 is 0.889 bits per heavy atom. The summed E-state index contributed by atoms with van der Waals surface area (Å²) in [5, 5.41) is 0. The first-order valence-corrected chi connectivity index (χ1v) is 7.91. The van der Waals surface area contributed by atoms with Crippen LogP contribution >= 0.6 is 0 Å². The molecule has 1 nitrogen and oxygen atoms in total. The monoisotopic (exact) mass is 249 g/mol. The lowest BCUT2D eigenvalue weighted by molar-refractivity contribution is -0.156. The first-order chi connectivity index (χ1) is 8.12. The van der Waals surface area contributed by atoms with Crippen LogP contribution < -0.4 is 5.73 Å². The molecule has 18 heavy (non-hydrogen) atoms. The van der Waals surface area contributed by atoms with Crippen LogP contribution in [0.15, 0.2) is 0 Å². The third-order valence-corrected chi connectivity index (χ3v) is 6.72. The van der Waals surface area contributed by atoms with E-state index in [1.165, 1.54) is 32.1 Å². The van der Waals surface area contributed by atoms with Crippen molar-refractivity contribution in [2.75, 3.05) is 0 Å². The Balaban J connectivity index is 1.94. The average Bonchev–Trinajstić information content (AvgIpc) is 2.10. The van der Waals surface area contributed by atoms with Gasteiger partial charge in [-0.15, -0.1) is 0 Å². The van der Waals surface area contributed by atoms with Gasteiger partial charge in [0.15, 0.2) is 0 Å². The lowest BCUT2D eigenvalue weighted by Crippen LogP contribution is -2.61. The van der Waals surface area contributed by atoms with Crippen molar-refractivity contribution in [2.24, 2.45) is 40.2 Å². The summed E-state index contributed by atoms with van der Waals surface area (Å²) in [6.07, 6.45) is 7.35. The molecule has 4 saturated carbocycles. The van der Waals surface area contributed by atoms with Crippen molar-refractivity contribution in [3.05, 3.63) is 0 Å². The normalized spacial score (nSPS) is 47.7. The summed E-state index contributed by atoms with van der Waals surface area (Å²) in [7, 11) is 0. The van der Waals surface area contributed by atoms with Crippen molar-refractivity contribution in [2.45, 2.75) is 72.3 Å². The Kier molecular flexibility index (Phi) is 2.55. The van der Waals surface area contributed by atoms with E-state index >= 15 is 0 Å². The van der Waals surface area contributed by atoms with Crippen LogP contribution in [0.2, 0.25) is 0 Å². The van der Waals surface area contributed by atoms with Gasteiger partial charge < -0.3 is 5.73 Å². The van der Waals surface area contributed by atoms with Crippen LogP contribution in [0, 0.1) is 34.5 Å². The van der Waals surface area contributed by atoms with Crippen molar-refractivity contribution in [1.29, 1.82) is 0 Å². The Morgan fingerprint density at radius 3 is 1.78 bits per heavy atom. The maximum absolute atomic E-state index is 6.51. The smallest absolute Gasteiger partial charge is 0.0131 e. The summed E-state index contributed by atoms with van der Waals surface area (Å²) in [5.74, 6) is 3.62. The second-order valence-electron chi connectivity index (χ2n) is 9.35. The van der Waals surface area contributed by atoms with Gasteiger partial charge in [0.05, 0.1) is 0 Å². The van der Waals surface area contributed by atoms with Crippen LogP contribution in [-0.4, -0.2) is 5.54 Å². The van der Waals surface area contributed by atoms with E-state index in [-0.39, 0.29) is 5.54 Å². The molecule has 0 aromatic carbocycles. The van der Waals surface area contributed by atoms with Gasteiger partial charge in [0.2, 0.25) is 0 Å². The zero-order chi connectivity index (χ0) is 13.3. The van der Waals surface area contributed by atoms with Gasteiger partial charge in [0.1, 0.15) is 0 Å². The molecule has 2 atom stereocenters. The van der Waals surface area contributed by atoms with E-state index in [0.29, 0.717) is 10.8 Å². The predicted molar refractivity (Wildman–Crippen MR) is 77.2 cm³/mol. The molecule has 0 amide bonds. The molecule has 0 saturated heterocycles. The van der Waals surface area contributed by atoms with Crippen molar-refractivity contribution in [1.82, 2.24) is 0 Å². The fourth-order valence-corrected chi connectivity index (χ4v) is 6.16. The SMILES string of the molecule is CC(C)(N)C1C2CC3CC1CC(C(C)(C)C)(C3)C2. The van der Waals surface area contributed by atoms with E-state index in [1.807, 2.05) is 0 Å². The Bertz CT molecular complexity index is 328. The minimum absolute atomic E-state index is 0.0295. The van der Waals surface area contributed by atoms with Crippen molar-refractivity contribution in [3.8, 4) is 0 Å². The predicted octanol–water partition coefficient (Wildman–Crippen LogP) is 4.21. The zero-order valence-electron chi connectivity index (χ0n) is 12.9. The fraction of sp³-hybridized carbons (Fsp3) is 1.00. The zero-order valence-corrected chi connectivity index (χ0v) is 12.9. The molecule has 2 N–H and O–H groups in total. The molecule has 0 aromatic rings. The average molecular weight is 249 g/mol. The highest BCUT2D eigenvalue weighted by Crippen LogP contribution is 2.68. The molecule has 0 aliphatic heterocycles. The molecule has 4 fully saturated rings. The van der Waals surface area contributed by atoms with Crippen LogP contribution in [0.3, 0.4) is 0 Å². The summed E-state index contributed by atoms with van der Waals surface area (Å²) < 4.78 is 0. The van der Waals surface area contributed by atoms with Crippen LogP contribution in [-0.2, 0) is 0 Å². The molecule has 104 valence electrons. The van der Waals surface area contributed by atoms with E-state index < -0.39 is 0 Å². The van der Waals surface area contributed by atoms with Crippen molar-refractivity contribution in [3.63, 3.8) is 0 Å². The molecule has 4 rings (SSSR count). The molecule has 1 heteroatoms. The van der Waals surface area contributed by atoms with Crippen molar-refractivity contribution < 1.29 is 0 Å². The van der Waals surface area contributed by atoms with Crippen LogP contribution in [0.1, 0.15) is 66.7 Å². The summed E-state index contributed by atoms with van der Waals surface area (Å²) in [5.41, 5.74) is 7.65. The Labute approximate surface area is 113 Å². The van der Waals surface area contributed by atoms with E-state index in [4.69, 9.17) is 5.73 Å².